The summed E-state index contributed by atoms with van der Waals surface area (Å²) in [5, 5.41) is 2.50. The molecule has 1 unspecified atom stereocenters. The zero-order valence-corrected chi connectivity index (χ0v) is 13.6. The molecular weight excluding hydrogens is 320 g/mol. The number of carbonyl (C=O) groups is 2. The van der Waals surface area contributed by atoms with E-state index in [0.29, 0.717) is 23.0 Å². The van der Waals surface area contributed by atoms with Gasteiger partial charge in [-0.2, -0.15) is 0 Å². The van der Waals surface area contributed by atoms with Crippen LogP contribution >= 0.6 is 22.9 Å². The van der Waals surface area contributed by atoms with Crippen LogP contribution in [0.5, 0.6) is 0 Å². The van der Waals surface area contributed by atoms with Crippen LogP contribution in [0.3, 0.4) is 0 Å². The molecular formula is C16H15ClN2O2S. The Kier molecular flexibility index (Phi) is 4.18. The van der Waals surface area contributed by atoms with Crippen molar-refractivity contribution < 1.29 is 9.59 Å². The van der Waals surface area contributed by atoms with Gasteiger partial charge in [0.2, 0.25) is 5.91 Å². The summed E-state index contributed by atoms with van der Waals surface area (Å²) in [7, 11) is 0. The van der Waals surface area contributed by atoms with Crippen molar-refractivity contribution in [3.8, 4) is 0 Å². The summed E-state index contributed by atoms with van der Waals surface area (Å²) in [6.45, 7) is 2.78. The third-order valence-corrected chi connectivity index (χ3v) is 4.90. The third-order valence-electron chi connectivity index (χ3n) is 3.79. The first-order valence-corrected chi connectivity index (χ1v) is 8.25. The van der Waals surface area contributed by atoms with Crippen molar-refractivity contribution in [2.24, 2.45) is 0 Å². The SMILES string of the molecule is CC1C(=O)N(c2ccc(Cl)cc2)CCN1C(=O)c1cccs1. The van der Waals surface area contributed by atoms with E-state index in [9.17, 15) is 9.59 Å². The van der Waals surface area contributed by atoms with Gasteiger partial charge in [0.1, 0.15) is 6.04 Å². The van der Waals surface area contributed by atoms with E-state index in [1.165, 1.54) is 11.3 Å². The van der Waals surface area contributed by atoms with Crippen LogP contribution < -0.4 is 4.90 Å². The van der Waals surface area contributed by atoms with E-state index in [1.807, 2.05) is 23.6 Å². The standard InChI is InChI=1S/C16H15ClN2O2S/c1-11-15(20)19(13-6-4-12(17)5-7-13)9-8-18(11)16(21)14-3-2-10-22-14/h2-7,10-11H,8-9H2,1H3. The smallest absolute Gasteiger partial charge is 0.264 e. The predicted octanol–water partition coefficient (Wildman–Crippen LogP) is 3.28. The predicted molar refractivity (Wildman–Crippen MR) is 88.6 cm³/mol. The second-order valence-electron chi connectivity index (χ2n) is 5.12. The fourth-order valence-electron chi connectivity index (χ4n) is 2.57. The maximum Gasteiger partial charge on any atom is 0.264 e. The van der Waals surface area contributed by atoms with Crippen LogP contribution in [0.15, 0.2) is 41.8 Å². The van der Waals surface area contributed by atoms with Gasteiger partial charge in [0.25, 0.3) is 5.91 Å². The minimum atomic E-state index is -0.473. The second kappa shape index (κ2) is 6.10. The van der Waals surface area contributed by atoms with Crippen LogP contribution in [-0.2, 0) is 4.79 Å². The molecule has 4 nitrogen and oxygen atoms in total. The Morgan fingerprint density at radius 2 is 1.95 bits per heavy atom. The summed E-state index contributed by atoms with van der Waals surface area (Å²) < 4.78 is 0. The Hall–Kier alpha value is -1.85. The Morgan fingerprint density at radius 1 is 1.23 bits per heavy atom. The highest BCUT2D eigenvalue weighted by Crippen LogP contribution is 2.24. The van der Waals surface area contributed by atoms with Crippen LogP contribution in [0, 0.1) is 0 Å². The quantitative estimate of drug-likeness (QED) is 0.845. The highest BCUT2D eigenvalue weighted by atomic mass is 35.5. The lowest BCUT2D eigenvalue weighted by atomic mass is 10.1. The largest absolute Gasteiger partial charge is 0.324 e. The van der Waals surface area contributed by atoms with E-state index in [1.54, 1.807) is 34.9 Å². The molecule has 0 bridgehead atoms. The van der Waals surface area contributed by atoms with Crippen molar-refractivity contribution in [2.45, 2.75) is 13.0 Å². The van der Waals surface area contributed by atoms with E-state index < -0.39 is 6.04 Å². The van der Waals surface area contributed by atoms with E-state index in [0.717, 1.165) is 5.69 Å². The molecule has 1 aliphatic rings. The van der Waals surface area contributed by atoms with Crippen molar-refractivity contribution in [1.82, 2.24) is 4.90 Å². The van der Waals surface area contributed by atoms with E-state index in [2.05, 4.69) is 0 Å². The zero-order valence-electron chi connectivity index (χ0n) is 12.0. The van der Waals surface area contributed by atoms with Gasteiger partial charge in [-0.05, 0) is 42.6 Å². The lowest BCUT2D eigenvalue weighted by molar-refractivity contribution is -0.124. The van der Waals surface area contributed by atoms with Crippen molar-refractivity contribution in [3.05, 3.63) is 51.7 Å². The number of hydrogen-bond acceptors (Lipinski definition) is 3. The van der Waals surface area contributed by atoms with Crippen LogP contribution in [0.4, 0.5) is 5.69 Å². The third kappa shape index (κ3) is 2.74. The first-order valence-electron chi connectivity index (χ1n) is 6.99. The molecule has 3 rings (SSSR count). The average molecular weight is 335 g/mol. The van der Waals surface area contributed by atoms with Gasteiger partial charge >= 0.3 is 0 Å². The van der Waals surface area contributed by atoms with Gasteiger partial charge in [0.05, 0.1) is 4.88 Å². The number of hydrogen-bond donors (Lipinski definition) is 0. The molecule has 0 saturated carbocycles. The van der Waals surface area contributed by atoms with Crippen molar-refractivity contribution in [2.75, 3.05) is 18.0 Å². The van der Waals surface area contributed by atoms with Crippen LogP contribution in [0.1, 0.15) is 16.6 Å². The average Bonchev–Trinajstić information content (AvgIpc) is 3.05. The van der Waals surface area contributed by atoms with Gasteiger partial charge in [-0.3, -0.25) is 9.59 Å². The maximum absolute atomic E-state index is 12.6. The first kappa shape index (κ1) is 15.1. The maximum atomic E-state index is 12.6. The molecule has 1 atom stereocenters. The zero-order chi connectivity index (χ0) is 15.7. The molecule has 1 saturated heterocycles. The minimum Gasteiger partial charge on any atom is -0.324 e. The van der Waals surface area contributed by atoms with Crippen molar-refractivity contribution >= 4 is 40.4 Å². The van der Waals surface area contributed by atoms with Gasteiger partial charge in [0.15, 0.2) is 0 Å². The number of amides is 2. The Labute approximate surface area is 137 Å². The lowest BCUT2D eigenvalue weighted by Gasteiger charge is -2.39. The second-order valence-corrected chi connectivity index (χ2v) is 6.50. The summed E-state index contributed by atoms with van der Waals surface area (Å²) in [6.07, 6.45) is 0. The number of anilines is 1. The number of benzene rings is 1. The molecule has 1 aromatic heterocycles. The Morgan fingerprint density at radius 3 is 2.59 bits per heavy atom. The summed E-state index contributed by atoms with van der Waals surface area (Å²) in [5.41, 5.74) is 0.810. The molecule has 2 amide bonds. The monoisotopic (exact) mass is 334 g/mol. The molecule has 0 aliphatic carbocycles. The minimum absolute atomic E-state index is 0.0709. The van der Waals surface area contributed by atoms with Gasteiger partial charge < -0.3 is 9.80 Å². The van der Waals surface area contributed by atoms with Gasteiger partial charge in [0, 0.05) is 23.8 Å². The van der Waals surface area contributed by atoms with E-state index in [4.69, 9.17) is 11.6 Å². The lowest BCUT2D eigenvalue weighted by Crippen LogP contribution is -2.57. The van der Waals surface area contributed by atoms with Crippen molar-refractivity contribution in [1.29, 1.82) is 0 Å². The highest BCUT2D eigenvalue weighted by molar-refractivity contribution is 7.12. The van der Waals surface area contributed by atoms with E-state index in [-0.39, 0.29) is 11.8 Å². The number of rotatable bonds is 2. The summed E-state index contributed by atoms with van der Waals surface area (Å²) in [5.74, 6) is -0.148. The molecule has 0 N–H and O–H groups in total. The number of carbonyl (C=O) groups excluding carboxylic acids is 2. The Bertz CT molecular complexity index is 685. The molecule has 2 aromatic rings. The number of thiophene rings is 1. The number of halogens is 1. The molecule has 114 valence electrons. The van der Waals surface area contributed by atoms with Crippen LogP contribution in [-0.4, -0.2) is 35.8 Å². The highest BCUT2D eigenvalue weighted by Gasteiger charge is 2.35. The molecule has 0 spiro atoms. The molecule has 1 fully saturated rings. The molecule has 1 aliphatic heterocycles. The molecule has 6 heteroatoms. The van der Waals surface area contributed by atoms with E-state index >= 15 is 0 Å². The first-order chi connectivity index (χ1) is 10.6. The molecule has 22 heavy (non-hydrogen) atoms. The van der Waals surface area contributed by atoms with Crippen LogP contribution in [0.2, 0.25) is 5.02 Å². The molecule has 2 heterocycles. The summed E-state index contributed by atoms with van der Waals surface area (Å²) in [6, 6.07) is 10.3. The number of nitrogens with zero attached hydrogens (tertiary/aromatic N) is 2. The Balaban J connectivity index is 1.78. The molecule has 0 radical (unpaired) electrons. The van der Waals surface area contributed by atoms with Gasteiger partial charge in [-0.1, -0.05) is 17.7 Å². The van der Waals surface area contributed by atoms with Crippen LogP contribution in [0.25, 0.3) is 0 Å². The fraction of sp³-hybridized carbons (Fsp3) is 0.250. The van der Waals surface area contributed by atoms with Gasteiger partial charge in [-0.25, -0.2) is 0 Å². The summed E-state index contributed by atoms with van der Waals surface area (Å²) in [4.78, 5) is 29.1. The topological polar surface area (TPSA) is 40.6 Å². The fourth-order valence-corrected chi connectivity index (χ4v) is 3.37. The van der Waals surface area contributed by atoms with Crippen molar-refractivity contribution in [3.63, 3.8) is 0 Å². The number of piperazine rings is 1. The molecule has 1 aromatic carbocycles. The summed E-state index contributed by atoms with van der Waals surface area (Å²) >= 11 is 7.28. The normalized spacial score (nSPS) is 18.6. The van der Waals surface area contributed by atoms with Gasteiger partial charge in [-0.15, -0.1) is 11.3 Å².